The molecule has 8 aromatic rings. The van der Waals surface area contributed by atoms with Gasteiger partial charge in [-0.2, -0.15) is 0 Å². The molecule has 185 valence electrons. The van der Waals surface area contributed by atoms with E-state index in [9.17, 15) is 0 Å². The molecule has 0 spiro atoms. The Hall–Kier alpha value is -5.62. The van der Waals surface area contributed by atoms with Crippen molar-refractivity contribution in [2.75, 3.05) is 0 Å². The SMILES string of the molecule is [c]1nc(-c2cccc3c(-c4nc5ccccc5nc4-c4cccc5nccnc45)nccc23)cc2ccccc12. The molecule has 0 amide bonds. The molecular weight excluding hydrogens is 492 g/mol. The Morgan fingerprint density at radius 2 is 1.25 bits per heavy atom. The van der Waals surface area contributed by atoms with Crippen LogP contribution in [0.25, 0.3) is 77.5 Å². The minimum Gasteiger partial charge on any atom is -0.254 e. The number of fused-ring (bicyclic) bond motifs is 4. The van der Waals surface area contributed by atoms with Crippen molar-refractivity contribution in [1.29, 1.82) is 0 Å². The summed E-state index contributed by atoms with van der Waals surface area (Å²) < 4.78 is 0. The van der Waals surface area contributed by atoms with E-state index in [1.165, 1.54) is 0 Å². The summed E-state index contributed by atoms with van der Waals surface area (Å²) >= 11 is 0. The molecule has 0 fully saturated rings. The van der Waals surface area contributed by atoms with Crippen molar-refractivity contribution in [3.05, 3.63) is 122 Å². The Labute approximate surface area is 229 Å². The van der Waals surface area contributed by atoms with Gasteiger partial charge in [0.1, 0.15) is 11.4 Å². The maximum Gasteiger partial charge on any atom is 0.116 e. The fraction of sp³-hybridized carbons (Fsp3) is 0. The summed E-state index contributed by atoms with van der Waals surface area (Å²) in [4.78, 5) is 28.9. The molecule has 0 bridgehead atoms. The summed E-state index contributed by atoms with van der Waals surface area (Å²) in [5.41, 5.74) is 8.06. The molecule has 0 aliphatic heterocycles. The first kappa shape index (κ1) is 22.4. The molecule has 4 aromatic carbocycles. The molecule has 4 heterocycles. The average molecular weight is 512 g/mol. The first-order valence-electron chi connectivity index (χ1n) is 13.0. The van der Waals surface area contributed by atoms with Crippen LogP contribution < -0.4 is 0 Å². The first-order chi connectivity index (χ1) is 19.8. The standard InChI is InChI=1S/C34H19N6/c1-2-8-22-20-38-30(19-21(22)7-1)24-9-5-10-25-23(24)15-16-36-32(25)34-33(39-27-12-3-4-13-28(27)40-34)26-11-6-14-29-31(26)37-18-17-35-29/h1-19H. The largest absolute Gasteiger partial charge is 0.254 e. The number of benzene rings is 4. The smallest absolute Gasteiger partial charge is 0.116 e. The van der Waals surface area contributed by atoms with E-state index >= 15 is 0 Å². The van der Waals surface area contributed by atoms with Crippen molar-refractivity contribution < 1.29 is 0 Å². The number of pyridine rings is 2. The predicted molar refractivity (Wildman–Crippen MR) is 158 cm³/mol. The molecule has 0 saturated carbocycles. The molecule has 0 atom stereocenters. The lowest BCUT2D eigenvalue weighted by molar-refractivity contribution is 1.24. The van der Waals surface area contributed by atoms with Crippen LogP contribution in [0.1, 0.15) is 0 Å². The van der Waals surface area contributed by atoms with Gasteiger partial charge in [0.15, 0.2) is 0 Å². The van der Waals surface area contributed by atoms with Crippen molar-refractivity contribution in [1.82, 2.24) is 29.9 Å². The molecule has 0 unspecified atom stereocenters. The van der Waals surface area contributed by atoms with E-state index in [0.29, 0.717) is 11.4 Å². The van der Waals surface area contributed by atoms with Crippen molar-refractivity contribution in [2.45, 2.75) is 0 Å². The Kier molecular flexibility index (Phi) is 5.03. The zero-order valence-corrected chi connectivity index (χ0v) is 21.2. The predicted octanol–water partition coefficient (Wildman–Crippen LogP) is 7.47. The van der Waals surface area contributed by atoms with Crippen LogP contribution in [0.2, 0.25) is 0 Å². The lowest BCUT2D eigenvalue weighted by Crippen LogP contribution is -1.99. The van der Waals surface area contributed by atoms with Gasteiger partial charge in [0.25, 0.3) is 0 Å². The van der Waals surface area contributed by atoms with Gasteiger partial charge in [0.05, 0.1) is 39.7 Å². The maximum absolute atomic E-state index is 5.13. The summed E-state index contributed by atoms with van der Waals surface area (Å²) in [6.45, 7) is 0. The number of hydrogen-bond donors (Lipinski definition) is 0. The van der Waals surface area contributed by atoms with E-state index in [1.54, 1.807) is 12.4 Å². The topological polar surface area (TPSA) is 77.3 Å². The van der Waals surface area contributed by atoms with E-state index in [2.05, 4.69) is 45.4 Å². The van der Waals surface area contributed by atoms with E-state index in [1.807, 2.05) is 79.0 Å². The zero-order chi connectivity index (χ0) is 26.5. The zero-order valence-electron chi connectivity index (χ0n) is 21.2. The molecule has 4 aromatic heterocycles. The normalized spacial score (nSPS) is 11.5. The van der Waals surface area contributed by atoms with Crippen LogP contribution in [0, 0.1) is 6.20 Å². The molecule has 8 rings (SSSR count). The van der Waals surface area contributed by atoms with Crippen molar-refractivity contribution in [3.8, 4) is 33.9 Å². The van der Waals surface area contributed by atoms with E-state index in [-0.39, 0.29) is 0 Å². The summed E-state index contributed by atoms with van der Waals surface area (Å²) in [5, 5.41) is 4.08. The second-order valence-electron chi connectivity index (χ2n) is 9.54. The van der Waals surface area contributed by atoms with Gasteiger partial charge >= 0.3 is 0 Å². The monoisotopic (exact) mass is 511 g/mol. The number of aromatic nitrogens is 6. The summed E-state index contributed by atoms with van der Waals surface area (Å²) in [6, 6.07) is 32.3. The third-order valence-electron chi connectivity index (χ3n) is 7.18. The number of para-hydroxylation sites is 3. The van der Waals surface area contributed by atoms with Gasteiger partial charge in [-0.05, 0) is 41.1 Å². The summed E-state index contributed by atoms with van der Waals surface area (Å²) in [6.07, 6.45) is 8.43. The molecular formula is C34H19N6. The van der Waals surface area contributed by atoms with Crippen LogP contribution in [0.3, 0.4) is 0 Å². The van der Waals surface area contributed by atoms with Crippen LogP contribution in [0.15, 0.2) is 116 Å². The van der Waals surface area contributed by atoms with Crippen LogP contribution in [-0.4, -0.2) is 29.9 Å². The highest BCUT2D eigenvalue weighted by molar-refractivity contribution is 6.06. The number of hydrogen-bond acceptors (Lipinski definition) is 6. The lowest BCUT2D eigenvalue weighted by atomic mass is 9.97. The van der Waals surface area contributed by atoms with Crippen molar-refractivity contribution in [3.63, 3.8) is 0 Å². The van der Waals surface area contributed by atoms with Gasteiger partial charge in [0, 0.05) is 40.5 Å². The molecule has 1 radical (unpaired) electrons. The van der Waals surface area contributed by atoms with Gasteiger partial charge in [-0.3, -0.25) is 15.0 Å². The maximum atomic E-state index is 5.13. The Balaban J connectivity index is 1.41. The van der Waals surface area contributed by atoms with Gasteiger partial charge in [-0.25, -0.2) is 15.0 Å². The van der Waals surface area contributed by atoms with Crippen molar-refractivity contribution >= 4 is 43.6 Å². The third-order valence-corrected chi connectivity index (χ3v) is 7.18. The highest BCUT2D eigenvalue weighted by Gasteiger charge is 2.20. The van der Waals surface area contributed by atoms with E-state index in [0.717, 1.165) is 66.1 Å². The molecule has 40 heavy (non-hydrogen) atoms. The quantitative estimate of drug-likeness (QED) is 0.245. The van der Waals surface area contributed by atoms with Gasteiger partial charge in [-0.1, -0.05) is 66.7 Å². The van der Waals surface area contributed by atoms with Crippen LogP contribution >= 0.6 is 0 Å². The van der Waals surface area contributed by atoms with Crippen LogP contribution in [0.5, 0.6) is 0 Å². The Morgan fingerprint density at radius 1 is 0.500 bits per heavy atom. The molecule has 0 aliphatic rings. The Morgan fingerprint density at radius 3 is 2.17 bits per heavy atom. The molecule has 0 N–H and O–H groups in total. The number of nitrogens with zero attached hydrogens (tertiary/aromatic N) is 6. The summed E-state index contributed by atoms with van der Waals surface area (Å²) in [7, 11) is 0. The average Bonchev–Trinajstić information content (AvgIpc) is 3.03. The third kappa shape index (κ3) is 3.58. The highest BCUT2D eigenvalue weighted by Crippen LogP contribution is 2.38. The second-order valence-corrected chi connectivity index (χ2v) is 9.54. The fourth-order valence-electron chi connectivity index (χ4n) is 5.32. The molecule has 6 nitrogen and oxygen atoms in total. The van der Waals surface area contributed by atoms with Crippen LogP contribution in [0.4, 0.5) is 0 Å². The second kappa shape index (κ2) is 8.99. The van der Waals surface area contributed by atoms with Crippen molar-refractivity contribution in [2.24, 2.45) is 0 Å². The Bertz CT molecular complexity index is 2240. The van der Waals surface area contributed by atoms with Crippen LogP contribution in [-0.2, 0) is 0 Å². The van der Waals surface area contributed by atoms with Gasteiger partial charge in [0.2, 0.25) is 0 Å². The van der Waals surface area contributed by atoms with E-state index in [4.69, 9.17) is 15.0 Å². The molecule has 6 heteroatoms. The first-order valence-corrected chi connectivity index (χ1v) is 13.0. The van der Waals surface area contributed by atoms with Gasteiger partial charge in [-0.15, -0.1) is 0 Å². The lowest BCUT2D eigenvalue weighted by Gasteiger charge is -2.14. The minimum atomic E-state index is 0.692. The fourth-order valence-corrected chi connectivity index (χ4v) is 5.32. The minimum absolute atomic E-state index is 0.692. The highest BCUT2D eigenvalue weighted by atomic mass is 14.9. The van der Waals surface area contributed by atoms with Gasteiger partial charge < -0.3 is 0 Å². The summed E-state index contributed by atoms with van der Waals surface area (Å²) in [5.74, 6) is 0. The molecule has 0 saturated heterocycles. The van der Waals surface area contributed by atoms with E-state index < -0.39 is 0 Å². The molecule has 0 aliphatic carbocycles. The number of rotatable bonds is 3.